The molecule has 1 aliphatic heterocycles. The third-order valence-corrected chi connectivity index (χ3v) is 6.78. The Balaban J connectivity index is 1.77. The summed E-state index contributed by atoms with van der Waals surface area (Å²) in [6, 6.07) is 13.4. The van der Waals surface area contributed by atoms with Gasteiger partial charge in [-0.15, -0.1) is 0 Å². The first kappa shape index (κ1) is 24.1. The van der Waals surface area contributed by atoms with Gasteiger partial charge in [0.15, 0.2) is 5.78 Å². The third kappa shape index (κ3) is 4.75. The molecule has 1 N–H and O–H groups in total. The van der Waals surface area contributed by atoms with E-state index < -0.39 is 11.9 Å². The molecule has 0 spiro atoms. The SMILES string of the molecule is CCOC(=O)C1=C(C)NC2=C(C(=O)CCC2)[C@H]1c1ccc(OC)c(COc2ccccc2Br)c1. The van der Waals surface area contributed by atoms with Crippen LogP contribution in [-0.4, -0.2) is 25.5 Å². The first-order valence-electron chi connectivity index (χ1n) is 11.4. The Labute approximate surface area is 208 Å². The van der Waals surface area contributed by atoms with Gasteiger partial charge in [-0.05, 0) is 72.4 Å². The quantitative estimate of drug-likeness (QED) is 0.476. The van der Waals surface area contributed by atoms with Crippen molar-refractivity contribution in [3.8, 4) is 11.5 Å². The molecule has 0 bridgehead atoms. The number of hydrogen-bond acceptors (Lipinski definition) is 6. The molecule has 0 amide bonds. The van der Waals surface area contributed by atoms with Crippen molar-refractivity contribution in [3.05, 3.63) is 80.6 Å². The number of ketones is 1. The van der Waals surface area contributed by atoms with Gasteiger partial charge in [-0.25, -0.2) is 4.79 Å². The molecule has 0 unspecified atom stereocenters. The number of carbonyl (C=O) groups excluding carboxylic acids is 2. The number of hydrogen-bond donors (Lipinski definition) is 1. The molecule has 0 fully saturated rings. The van der Waals surface area contributed by atoms with Crippen molar-refractivity contribution in [1.82, 2.24) is 5.32 Å². The van der Waals surface area contributed by atoms with Crippen molar-refractivity contribution >= 4 is 27.7 Å². The highest BCUT2D eigenvalue weighted by molar-refractivity contribution is 9.10. The monoisotopic (exact) mass is 525 g/mol. The average Bonchev–Trinajstić information content (AvgIpc) is 2.82. The molecule has 1 aliphatic carbocycles. The number of carbonyl (C=O) groups is 2. The second-order valence-electron chi connectivity index (χ2n) is 8.28. The van der Waals surface area contributed by atoms with Crippen molar-refractivity contribution in [2.75, 3.05) is 13.7 Å². The molecular formula is C27H28BrNO5. The van der Waals surface area contributed by atoms with Crippen LogP contribution in [0.25, 0.3) is 0 Å². The van der Waals surface area contributed by atoms with Crippen molar-refractivity contribution in [3.63, 3.8) is 0 Å². The highest BCUT2D eigenvalue weighted by Gasteiger charge is 2.39. The van der Waals surface area contributed by atoms with Crippen LogP contribution in [-0.2, 0) is 20.9 Å². The van der Waals surface area contributed by atoms with E-state index in [0.717, 1.165) is 39.8 Å². The number of rotatable bonds is 7. The van der Waals surface area contributed by atoms with Gasteiger partial charge in [0.1, 0.15) is 18.1 Å². The zero-order chi connectivity index (χ0) is 24.2. The number of para-hydroxylation sites is 1. The van der Waals surface area contributed by atoms with Gasteiger partial charge in [-0.1, -0.05) is 18.2 Å². The first-order valence-corrected chi connectivity index (χ1v) is 12.2. The van der Waals surface area contributed by atoms with Crippen LogP contribution in [0, 0.1) is 0 Å². The molecule has 0 radical (unpaired) electrons. The van der Waals surface area contributed by atoms with Gasteiger partial charge in [0.25, 0.3) is 0 Å². The van der Waals surface area contributed by atoms with Gasteiger partial charge in [-0.2, -0.15) is 0 Å². The fourth-order valence-corrected chi connectivity index (χ4v) is 5.00. The predicted octanol–water partition coefficient (Wildman–Crippen LogP) is 5.57. The summed E-state index contributed by atoms with van der Waals surface area (Å²) < 4.78 is 17.9. The number of allylic oxidation sites excluding steroid dienone is 3. The topological polar surface area (TPSA) is 73.9 Å². The second kappa shape index (κ2) is 10.5. The Hall–Kier alpha value is -3.06. The van der Waals surface area contributed by atoms with E-state index in [1.807, 2.05) is 49.4 Å². The molecule has 4 rings (SSSR count). The third-order valence-electron chi connectivity index (χ3n) is 6.13. The maximum Gasteiger partial charge on any atom is 0.336 e. The zero-order valence-electron chi connectivity index (χ0n) is 19.6. The number of benzene rings is 2. The molecule has 7 heteroatoms. The smallest absolute Gasteiger partial charge is 0.336 e. The number of ether oxygens (including phenoxy) is 3. The lowest BCUT2D eigenvalue weighted by Crippen LogP contribution is -2.34. The number of halogens is 1. The summed E-state index contributed by atoms with van der Waals surface area (Å²) in [6.45, 7) is 4.17. The van der Waals surface area contributed by atoms with Gasteiger partial charge in [0.2, 0.25) is 0 Å². The minimum Gasteiger partial charge on any atom is -0.496 e. The van der Waals surface area contributed by atoms with Crippen LogP contribution >= 0.6 is 15.9 Å². The summed E-state index contributed by atoms with van der Waals surface area (Å²) in [4.78, 5) is 26.1. The highest BCUT2D eigenvalue weighted by atomic mass is 79.9. The number of nitrogens with one attached hydrogen (secondary N) is 1. The maximum absolute atomic E-state index is 13.1. The van der Waals surface area contributed by atoms with Gasteiger partial charge >= 0.3 is 5.97 Å². The summed E-state index contributed by atoms with van der Waals surface area (Å²) in [5, 5.41) is 3.31. The minimum absolute atomic E-state index is 0.0647. The lowest BCUT2D eigenvalue weighted by molar-refractivity contribution is -0.138. The molecule has 1 heterocycles. The summed E-state index contributed by atoms with van der Waals surface area (Å²) in [5.74, 6) is 0.537. The zero-order valence-corrected chi connectivity index (χ0v) is 21.2. The van der Waals surface area contributed by atoms with E-state index in [9.17, 15) is 9.59 Å². The molecule has 0 saturated heterocycles. The van der Waals surface area contributed by atoms with E-state index >= 15 is 0 Å². The molecule has 2 aromatic carbocycles. The minimum atomic E-state index is -0.504. The summed E-state index contributed by atoms with van der Waals surface area (Å²) >= 11 is 3.51. The van der Waals surface area contributed by atoms with Crippen molar-refractivity contribution in [2.24, 2.45) is 0 Å². The Morgan fingerprint density at radius 1 is 1.15 bits per heavy atom. The van der Waals surface area contributed by atoms with Gasteiger partial charge in [-0.3, -0.25) is 4.79 Å². The molecule has 0 saturated carbocycles. The largest absolute Gasteiger partial charge is 0.496 e. The van der Waals surface area contributed by atoms with Crippen molar-refractivity contribution in [1.29, 1.82) is 0 Å². The maximum atomic E-state index is 13.1. The molecule has 1 atom stereocenters. The molecule has 2 aliphatic rings. The number of esters is 1. The van der Waals surface area contributed by atoms with Crippen molar-refractivity contribution in [2.45, 2.75) is 45.6 Å². The van der Waals surface area contributed by atoms with Crippen LogP contribution in [0.4, 0.5) is 0 Å². The highest BCUT2D eigenvalue weighted by Crippen LogP contribution is 2.43. The molecule has 0 aromatic heterocycles. The van der Waals surface area contributed by atoms with E-state index in [4.69, 9.17) is 14.2 Å². The molecule has 2 aromatic rings. The molecule has 6 nitrogen and oxygen atoms in total. The van der Waals surface area contributed by atoms with Crippen LogP contribution < -0.4 is 14.8 Å². The predicted molar refractivity (Wildman–Crippen MR) is 133 cm³/mol. The van der Waals surface area contributed by atoms with E-state index in [0.29, 0.717) is 29.1 Å². The van der Waals surface area contributed by atoms with E-state index in [2.05, 4.69) is 21.2 Å². The number of methoxy groups -OCH3 is 1. The van der Waals surface area contributed by atoms with Gasteiger partial charge in [0.05, 0.1) is 23.8 Å². The lowest BCUT2D eigenvalue weighted by atomic mass is 9.75. The fraction of sp³-hybridized carbons (Fsp3) is 0.333. The van der Waals surface area contributed by atoms with E-state index in [1.165, 1.54) is 0 Å². The van der Waals surface area contributed by atoms with Crippen LogP contribution in [0.2, 0.25) is 0 Å². The Morgan fingerprint density at radius 3 is 2.68 bits per heavy atom. The summed E-state index contributed by atoms with van der Waals surface area (Å²) in [6.07, 6.45) is 2.05. The normalized spacial score (nSPS) is 17.8. The standard InChI is InChI=1S/C27H28BrNO5/c1-4-33-27(31)24-16(2)29-20-9-7-10-21(30)26(20)25(24)17-12-13-22(32-3)18(14-17)15-34-23-11-6-5-8-19(23)28/h5-6,8,11-14,25,29H,4,7,9-10,15H2,1-3H3/t25-/m0/s1. The first-order chi connectivity index (χ1) is 16.4. The fourth-order valence-electron chi connectivity index (χ4n) is 4.60. The second-order valence-corrected chi connectivity index (χ2v) is 9.13. The number of Topliss-reactive ketones (excluding diaryl/α,β-unsaturated/α-hetero) is 1. The van der Waals surface area contributed by atoms with Gasteiger partial charge < -0.3 is 19.5 Å². The van der Waals surface area contributed by atoms with Crippen LogP contribution in [0.5, 0.6) is 11.5 Å². The molecule has 178 valence electrons. The molecular weight excluding hydrogens is 498 g/mol. The Bertz CT molecular complexity index is 1180. The summed E-state index contributed by atoms with van der Waals surface area (Å²) in [5.41, 5.74) is 4.40. The van der Waals surface area contributed by atoms with Crippen LogP contribution in [0.1, 0.15) is 50.2 Å². The van der Waals surface area contributed by atoms with Crippen molar-refractivity contribution < 1.29 is 23.8 Å². The average molecular weight is 526 g/mol. The van der Waals surface area contributed by atoms with Gasteiger partial charge in [0, 0.05) is 34.9 Å². The van der Waals surface area contributed by atoms with E-state index in [-0.39, 0.29) is 19.0 Å². The number of dihydropyridines is 1. The lowest BCUT2D eigenvalue weighted by Gasteiger charge is -2.34. The van der Waals surface area contributed by atoms with E-state index in [1.54, 1.807) is 14.0 Å². The summed E-state index contributed by atoms with van der Waals surface area (Å²) in [7, 11) is 1.61. The molecule has 34 heavy (non-hydrogen) atoms. The Kier molecular flexibility index (Phi) is 7.41. The van der Waals surface area contributed by atoms with Crippen LogP contribution in [0.3, 0.4) is 0 Å². The van der Waals surface area contributed by atoms with Crippen LogP contribution in [0.15, 0.2) is 69.5 Å². The Morgan fingerprint density at radius 2 is 1.94 bits per heavy atom.